The normalized spacial score (nSPS) is 17.1. The SMILES string of the molecule is CCN1CCN(C(=O)C(C=O)(c2ccccc2)c2ccc[nH]2)C(=O)C1=O. The van der Waals surface area contributed by atoms with Crippen LogP contribution in [0.1, 0.15) is 18.2 Å². The Balaban J connectivity index is 2.09. The minimum Gasteiger partial charge on any atom is -0.363 e. The van der Waals surface area contributed by atoms with E-state index in [0.717, 1.165) is 4.90 Å². The molecule has 0 spiro atoms. The van der Waals surface area contributed by atoms with Crippen molar-refractivity contribution < 1.29 is 19.2 Å². The van der Waals surface area contributed by atoms with E-state index in [1.807, 2.05) is 0 Å². The summed E-state index contributed by atoms with van der Waals surface area (Å²) in [6.45, 7) is 2.46. The number of benzene rings is 1. The van der Waals surface area contributed by atoms with Crippen LogP contribution >= 0.6 is 0 Å². The molecule has 1 fully saturated rings. The number of carbonyl (C=O) groups is 4. The summed E-state index contributed by atoms with van der Waals surface area (Å²) in [7, 11) is 0. The Morgan fingerprint density at radius 2 is 1.85 bits per heavy atom. The van der Waals surface area contributed by atoms with Gasteiger partial charge in [-0.2, -0.15) is 0 Å². The second-order valence-corrected chi connectivity index (χ2v) is 6.02. The van der Waals surface area contributed by atoms with E-state index < -0.39 is 23.1 Å². The molecule has 1 atom stereocenters. The van der Waals surface area contributed by atoms with Crippen LogP contribution in [0.15, 0.2) is 48.7 Å². The molecule has 1 aliphatic rings. The van der Waals surface area contributed by atoms with Gasteiger partial charge in [0.05, 0.1) is 0 Å². The zero-order chi connectivity index (χ0) is 18.7. The molecule has 134 valence electrons. The number of H-pyrrole nitrogens is 1. The van der Waals surface area contributed by atoms with E-state index in [0.29, 0.717) is 24.1 Å². The maximum absolute atomic E-state index is 13.4. The summed E-state index contributed by atoms with van der Waals surface area (Å²) in [5.41, 5.74) is -0.933. The van der Waals surface area contributed by atoms with Crippen LogP contribution in [0.2, 0.25) is 0 Å². The number of nitrogens with zero attached hydrogens (tertiary/aromatic N) is 2. The lowest BCUT2D eigenvalue weighted by atomic mass is 9.77. The predicted octanol–water partition coefficient (Wildman–Crippen LogP) is 0.717. The Hall–Kier alpha value is -3.22. The third kappa shape index (κ3) is 2.61. The zero-order valence-corrected chi connectivity index (χ0v) is 14.3. The number of carbonyl (C=O) groups excluding carboxylic acids is 4. The second kappa shape index (κ2) is 6.95. The maximum atomic E-state index is 13.4. The molecular weight excluding hydrogens is 334 g/mol. The first kappa shape index (κ1) is 17.6. The summed E-state index contributed by atoms with van der Waals surface area (Å²) in [4.78, 5) is 55.5. The minimum atomic E-state index is -1.71. The molecule has 1 unspecified atom stereocenters. The molecule has 2 heterocycles. The number of aromatic amines is 1. The number of hydrogen-bond acceptors (Lipinski definition) is 4. The van der Waals surface area contributed by atoms with Crippen LogP contribution in [0.4, 0.5) is 0 Å². The van der Waals surface area contributed by atoms with Crippen molar-refractivity contribution in [1.82, 2.24) is 14.8 Å². The molecule has 7 heteroatoms. The topological polar surface area (TPSA) is 90.6 Å². The van der Waals surface area contributed by atoms with E-state index >= 15 is 0 Å². The highest BCUT2D eigenvalue weighted by molar-refractivity contribution is 6.39. The van der Waals surface area contributed by atoms with Gasteiger partial charge in [-0.25, -0.2) is 0 Å². The van der Waals surface area contributed by atoms with E-state index in [1.54, 1.807) is 55.6 Å². The van der Waals surface area contributed by atoms with Gasteiger partial charge in [0.25, 0.3) is 5.91 Å². The smallest absolute Gasteiger partial charge is 0.318 e. The summed E-state index contributed by atoms with van der Waals surface area (Å²) in [5.74, 6) is -2.36. The van der Waals surface area contributed by atoms with Gasteiger partial charge < -0.3 is 14.7 Å². The van der Waals surface area contributed by atoms with Crippen molar-refractivity contribution in [2.24, 2.45) is 0 Å². The van der Waals surface area contributed by atoms with E-state index in [4.69, 9.17) is 0 Å². The van der Waals surface area contributed by atoms with Crippen molar-refractivity contribution in [3.05, 3.63) is 59.9 Å². The minimum absolute atomic E-state index is 0.0559. The number of aldehydes is 1. The average molecular weight is 353 g/mol. The Labute approximate surface area is 150 Å². The van der Waals surface area contributed by atoms with Gasteiger partial charge >= 0.3 is 11.8 Å². The quantitative estimate of drug-likeness (QED) is 0.487. The predicted molar refractivity (Wildman–Crippen MR) is 93.1 cm³/mol. The molecule has 7 nitrogen and oxygen atoms in total. The average Bonchev–Trinajstić information content (AvgIpc) is 3.21. The van der Waals surface area contributed by atoms with Gasteiger partial charge in [-0.3, -0.25) is 19.3 Å². The molecule has 0 radical (unpaired) electrons. The third-order valence-corrected chi connectivity index (χ3v) is 4.70. The molecule has 26 heavy (non-hydrogen) atoms. The largest absolute Gasteiger partial charge is 0.363 e. The number of rotatable bonds is 5. The number of likely N-dealkylation sites (N-methyl/N-ethyl adjacent to an activating group) is 1. The number of amides is 3. The van der Waals surface area contributed by atoms with E-state index in [2.05, 4.69) is 4.98 Å². The van der Waals surface area contributed by atoms with Gasteiger partial charge in [0.2, 0.25) is 0 Å². The molecular formula is C19H19N3O4. The van der Waals surface area contributed by atoms with Gasteiger partial charge in [0.15, 0.2) is 5.41 Å². The van der Waals surface area contributed by atoms with Crippen LogP contribution < -0.4 is 0 Å². The molecule has 1 N–H and O–H groups in total. The van der Waals surface area contributed by atoms with E-state index in [9.17, 15) is 19.2 Å². The first-order valence-electron chi connectivity index (χ1n) is 8.37. The molecule has 2 aromatic rings. The third-order valence-electron chi connectivity index (χ3n) is 4.70. The molecule has 0 bridgehead atoms. The molecule has 1 aromatic carbocycles. The van der Waals surface area contributed by atoms with Crippen LogP contribution in [-0.4, -0.2) is 58.4 Å². The number of aromatic nitrogens is 1. The molecule has 1 saturated heterocycles. The fraction of sp³-hybridized carbons (Fsp3) is 0.263. The Kier molecular flexibility index (Phi) is 4.71. The van der Waals surface area contributed by atoms with Gasteiger partial charge in [-0.15, -0.1) is 0 Å². The van der Waals surface area contributed by atoms with Crippen LogP contribution in [0.25, 0.3) is 0 Å². The van der Waals surface area contributed by atoms with Gasteiger partial charge in [-0.1, -0.05) is 30.3 Å². The summed E-state index contributed by atoms with van der Waals surface area (Å²) < 4.78 is 0. The fourth-order valence-corrected chi connectivity index (χ4v) is 3.24. The summed E-state index contributed by atoms with van der Waals surface area (Å²) in [6.07, 6.45) is 2.13. The molecule has 3 rings (SSSR count). The Morgan fingerprint density at radius 3 is 2.42 bits per heavy atom. The lowest BCUT2D eigenvalue weighted by molar-refractivity contribution is -0.162. The van der Waals surface area contributed by atoms with Gasteiger partial charge in [-0.05, 0) is 24.6 Å². The van der Waals surface area contributed by atoms with Crippen molar-refractivity contribution >= 4 is 24.0 Å². The monoisotopic (exact) mass is 353 g/mol. The van der Waals surface area contributed by atoms with Crippen molar-refractivity contribution in [2.75, 3.05) is 19.6 Å². The highest BCUT2D eigenvalue weighted by Crippen LogP contribution is 2.32. The maximum Gasteiger partial charge on any atom is 0.318 e. The number of imide groups is 1. The molecule has 1 aliphatic heterocycles. The van der Waals surface area contributed by atoms with Gasteiger partial charge in [0, 0.05) is 31.5 Å². The van der Waals surface area contributed by atoms with Crippen molar-refractivity contribution in [2.45, 2.75) is 12.3 Å². The van der Waals surface area contributed by atoms with Crippen LogP contribution in [0, 0.1) is 0 Å². The fourth-order valence-electron chi connectivity index (χ4n) is 3.24. The Morgan fingerprint density at radius 1 is 1.12 bits per heavy atom. The summed E-state index contributed by atoms with van der Waals surface area (Å²) >= 11 is 0. The first-order valence-corrected chi connectivity index (χ1v) is 8.37. The van der Waals surface area contributed by atoms with E-state index in [-0.39, 0.29) is 13.1 Å². The van der Waals surface area contributed by atoms with Crippen molar-refractivity contribution in [3.8, 4) is 0 Å². The Bertz CT molecular complexity index is 832. The first-order chi connectivity index (χ1) is 12.6. The molecule has 0 saturated carbocycles. The molecule has 1 aromatic heterocycles. The van der Waals surface area contributed by atoms with Crippen molar-refractivity contribution in [1.29, 1.82) is 0 Å². The number of hydrogen-bond donors (Lipinski definition) is 1. The van der Waals surface area contributed by atoms with Crippen LogP contribution in [0.3, 0.4) is 0 Å². The van der Waals surface area contributed by atoms with Crippen LogP contribution in [0.5, 0.6) is 0 Å². The van der Waals surface area contributed by atoms with E-state index in [1.165, 1.54) is 4.90 Å². The highest BCUT2D eigenvalue weighted by atomic mass is 16.2. The summed E-state index contributed by atoms with van der Waals surface area (Å²) in [6, 6.07) is 11.8. The summed E-state index contributed by atoms with van der Waals surface area (Å²) in [5, 5.41) is 0. The second-order valence-electron chi connectivity index (χ2n) is 6.02. The lowest BCUT2D eigenvalue weighted by Crippen LogP contribution is -2.60. The van der Waals surface area contributed by atoms with Gasteiger partial charge in [0.1, 0.15) is 6.29 Å². The van der Waals surface area contributed by atoms with Crippen molar-refractivity contribution in [3.63, 3.8) is 0 Å². The number of piperazine rings is 1. The zero-order valence-electron chi connectivity index (χ0n) is 14.3. The number of nitrogens with one attached hydrogen (secondary N) is 1. The van der Waals surface area contributed by atoms with Crippen LogP contribution in [-0.2, 0) is 24.6 Å². The lowest BCUT2D eigenvalue weighted by Gasteiger charge is -2.36. The molecule has 0 aliphatic carbocycles. The highest BCUT2D eigenvalue weighted by Gasteiger charge is 2.49. The molecule has 3 amide bonds. The standard InChI is InChI=1S/C19H19N3O4/c1-2-21-11-12-22(17(25)16(21)24)18(26)19(13-23,15-9-6-10-20-15)14-7-4-3-5-8-14/h3-10,13,20H,2,11-12H2,1H3.